The predicted molar refractivity (Wildman–Crippen MR) is 133 cm³/mol. The van der Waals surface area contributed by atoms with Crippen LogP contribution < -0.4 is 5.32 Å². The van der Waals surface area contributed by atoms with Gasteiger partial charge in [0.1, 0.15) is 18.1 Å². The number of hydrogen-bond acceptors (Lipinski definition) is 8. The second-order valence-electron chi connectivity index (χ2n) is 8.78. The summed E-state index contributed by atoms with van der Waals surface area (Å²) in [6.07, 6.45) is -2.22. The van der Waals surface area contributed by atoms with Gasteiger partial charge in [-0.25, -0.2) is 23.4 Å². The highest BCUT2D eigenvalue weighted by Crippen LogP contribution is 2.36. The first-order valence-corrected chi connectivity index (χ1v) is 13.2. The van der Waals surface area contributed by atoms with E-state index in [1.807, 2.05) is 13.8 Å². The van der Waals surface area contributed by atoms with E-state index in [9.17, 15) is 21.6 Å². The zero-order valence-corrected chi connectivity index (χ0v) is 21.1. The van der Waals surface area contributed by atoms with E-state index in [0.29, 0.717) is 23.5 Å². The third-order valence-electron chi connectivity index (χ3n) is 5.19. The van der Waals surface area contributed by atoms with Gasteiger partial charge in [0.2, 0.25) is 0 Å². The summed E-state index contributed by atoms with van der Waals surface area (Å²) in [4.78, 5) is 17.4. The fraction of sp³-hybridized carbons (Fsp3) is 0.280. The summed E-state index contributed by atoms with van der Waals surface area (Å²) >= 11 is 0. The second kappa shape index (κ2) is 10.4. The van der Waals surface area contributed by atoms with E-state index in [2.05, 4.69) is 25.3 Å². The Morgan fingerprint density at radius 2 is 1.73 bits per heavy atom. The van der Waals surface area contributed by atoms with E-state index in [4.69, 9.17) is 4.74 Å². The molecule has 1 N–H and O–H groups in total. The van der Waals surface area contributed by atoms with Crippen molar-refractivity contribution in [2.45, 2.75) is 31.5 Å². The van der Waals surface area contributed by atoms with Gasteiger partial charge in [0.15, 0.2) is 21.3 Å². The molecule has 0 unspecified atom stereocenters. The van der Waals surface area contributed by atoms with Crippen molar-refractivity contribution in [2.24, 2.45) is 5.92 Å². The van der Waals surface area contributed by atoms with E-state index in [1.54, 1.807) is 18.2 Å². The van der Waals surface area contributed by atoms with Crippen molar-refractivity contribution >= 4 is 32.4 Å². The number of sulfone groups is 1. The fourth-order valence-electron chi connectivity index (χ4n) is 3.49. The zero-order chi connectivity index (χ0) is 26.8. The van der Waals surface area contributed by atoms with Gasteiger partial charge in [-0.05, 0) is 54.4 Å². The van der Waals surface area contributed by atoms with Crippen LogP contribution in [0.25, 0.3) is 22.4 Å². The number of hydrogen-bond donors (Lipinski definition) is 1. The minimum absolute atomic E-state index is 0.0108. The number of benzene rings is 1. The first-order valence-electron chi connectivity index (χ1n) is 11.3. The number of halogens is 3. The summed E-state index contributed by atoms with van der Waals surface area (Å²) in [5.41, 5.74) is -0.490. The van der Waals surface area contributed by atoms with Crippen molar-refractivity contribution in [1.82, 2.24) is 19.9 Å². The quantitative estimate of drug-likeness (QED) is 0.321. The average molecular weight is 532 g/mol. The molecule has 0 bridgehead atoms. The maximum atomic E-state index is 13.6. The fourth-order valence-corrected chi connectivity index (χ4v) is 4.12. The molecule has 8 nitrogen and oxygen atoms in total. The maximum absolute atomic E-state index is 13.6. The van der Waals surface area contributed by atoms with Gasteiger partial charge in [-0.15, -0.1) is 0 Å². The molecule has 12 heteroatoms. The van der Waals surface area contributed by atoms with Gasteiger partial charge in [-0.3, -0.25) is 4.98 Å². The van der Waals surface area contributed by atoms with E-state index in [1.165, 1.54) is 30.5 Å². The van der Waals surface area contributed by atoms with Gasteiger partial charge < -0.3 is 10.1 Å². The van der Waals surface area contributed by atoms with Crippen molar-refractivity contribution in [1.29, 1.82) is 0 Å². The lowest BCUT2D eigenvalue weighted by atomic mass is 10.1. The molecule has 4 rings (SSSR count). The van der Waals surface area contributed by atoms with Crippen LogP contribution in [-0.2, 0) is 27.4 Å². The standard InChI is InChI=1S/C25H24F3N5O3S/c1-15(2)13-36-14-21-32-23(30-16-6-8-17(9-7-16)37(3,34)35)18-10-11-20(31-24(18)33-21)22-19(25(26,27)28)5-4-12-29-22/h4-12,15H,13-14H2,1-3H3,(H,30,31,32,33). The molecule has 0 fully saturated rings. The molecule has 4 aromatic rings. The largest absolute Gasteiger partial charge is 0.418 e. The Hall–Kier alpha value is -3.64. The Balaban J connectivity index is 1.78. The molecule has 0 amide bonds. The average Bonchev–Trinajstić information content (AvgIpc) is 2.83. The van der Waals surface area contributed by atoms with E-state index < -0.39 is 21.6 Å². The molecule has 0 aliphatic carbocycles. The number of nitrogens with zero attached hydrogens (tertiary/aromatic N) is 4. The van der Waals surface area contributed by atoms with Crippen molar-refractivity contribution < 1.29 is 26.3 Å². The Bertz CT molecular complexity index is 1530. The van der Waals surface area contributed by atoms with Crippen molar-refractivity contribution in [2.75, 3.05) is 18.2 Å². The van der Waals surface area contributed by atoms with Crippen LogP contribution >= 0.6 is 0 Å². The summed E-state index contributed by atoms with van der Waals surface area (Å²) < 4.78 is 69.9. The molecule has 0 radical (unpaired) electrons. The lowest BCUT2D eigenvalue weighted by Gasteiger charge is -2.14. The minimum atomic E-state index is -4.60. The van der Waals surface area contributed by atoms with Crippen LogP contribution in [0.3, 0.4) is 0 Å². The van der Waals surface area contributed by atoms with Crippen LogP contribution in [0, 0.1) is 5.92 Å². The van der Waals surface area contributed by atoms with Crippen molar-refractivity contribution in [3.8, 4) is 11.4 Å². The van der Waals surface area contributed by atoms with Gasteiger partial charge in [-0.2, -0.15) is 13.2 Å². The third-order valence-corrected chi connectivity index (χ3v) is 6.32. The molecule has 3 aromatic heterocycles. The van der Waals surface area contributed by atoms with E-state index in [0.717, 1.165) is 12.3 Å². The van der Waals surface area contributed by atoms with Gasteiger partial charge in [0.25, 0.3) is 0 Å². The predicted octanol–water partition coefficient (Wildman–Crippen LogP) is 5.43. The van der Waals surface area contributed by atoms with Crippen LogP contribution in [0.15, 0.2) is 59.6 Å². The molecule has 194 valence electrons. The monoisotopic (exact) mass is 531 g/mol. The number of alkyl halides is 3. The summed E-state index contributed by atoms with van der Waals surface area (Å²) in [6, 6.07) is 11.3. The molecule has 0 saturated carbocycles. The molecule has 0 aliphatic rings. The van der Waals surface area contributed by atoms with Gasteiger partial charge >= 0.3 is 6.18 Å². The van der Waals surface area contributed by atoms with E-state index >= 15 is 0 Å². The summed E-state index contributed by atoms with van der Waals surface area (Å²) in [5, 5.41) is 3.57. The van der Waals surface area contributed by atoms with Crippen molar-refractivity contribution in [3.05, 3.63) is 66.1 Å². The number of pyridine rings is 2. The Labute approximate surface area is 211 Å². The van der Waals surface area contributed by atoms with Crippen LogP contribution in [0.2, 0.25) is 0 Å². The number of aromatic nitrogens is 4. The highest BCUT2D eigenvalue weighted by molar-refractivity contribution is 7.90. The third kappa shape index (κ3) is 6.38. The zero-order valence-electron chi connectivity index (χ0n) is 20.2. The van der Waals surface area contributed by atoms with Crippen LogP contribution in [-0.4, -0.2) is 41.2 Å². The molecule has 37 heavy (non-hydrogen) atoms. The maximum Gasteiger partial charge on any atom is 0.418 e. The second-order valence-corrected chi connectivity index (χ2v) is 10.8. The molecular formula is C25H24F3N5O3S. The summed E-state index contributed by atoms with van der Waals surface area (Å²) in [6.45, 7) is 4.52. The molecule has 0 atom stereocenters. The molecular weight excluding hydrogens is 507 g/mol. The van der Waals surface area contributed by atoms with Crippen molar-refractivity contribution in [3.63, 3.8) is 0 Å². The Morgan fingerprint density at radius 1 is 1.00 bits per heavy atom. The Kier molecular flexibility index (Phi) is 7.42. The number of rotatable bonds is 8. The highest BCUT2D eigenvalue weighted by Gasteiger charge is 2.34. The lowest BCUT2D eigenvalue weighted by Crippen LogP contribution is -2.10. The van der Waals surface area contributed by atoms with Crippen LogP contribution in [0.4, 0.5) is 24.7 Å². The number of nitrogens with one attached hydrogen (secondary N) is 1. The molecule has 0 spiro atoms. The number of anilines is 2. The molecule has 1 aromatic carbocycles. The number of ether oxygens (including phenoxy) is 1. The minimum Gasteiger partial charge on any atom is -0.373 e. The van der Waals surface area contributed by atoms with Gasteiger partial charge in [0.05, 0.1) is 21.5 Å². The summed E-state index contributed by atoms with van der Waals surface area (Å²) in [7, 11) is -3.36. The van der Waals surface area contributed by atoms with E-state index in [-0.39, 0.29) is 40.3 Å². The normalized spacial score (nSPS) is 12.3. The molecule has 3 heterocycles. The number of fused-ring (bicyclic) bond motifs is 1. The lowest BCUT2D eigenvalue weighted by molar-refractivity contribution is -0.137. The first-order chi connectivity index (χ1) is 17.4. The van der Waals surface area contributed by atoms with Gasteiger partial charge in [-0.1, -0.05) is 13.8 Å². The SMILES string of the molecule is CC(C)COCc1nc(Nc2ccc(S(C)(=O)=O)cc2)c2ccc(-c3ncccc3C(F)(F)F)nc2n1. The molecule has 0 aliphatic heterocycles. The smallest absolute Gasteiger partial charge is 0.373 e. The topological polar surface area (TPSA) is 107 Å². The Morgan fingerprint density at radius 3 is 2.38 bits per heavy atom. The van der Waals surface area contributed by atoms with Crippen LogP contribution in [0.5, 0.6) is 0 Å². The summed E-state index contributed by atoms with van der Waals surface area (Å²) in [5.74, 6) is 0.905. The highest BCUT2D eigenvalue weighted by atomic mass is 32.2. The van der Waals surface area contributed by atoms with Crippen LogP contribution in [0.1, 0.15) is 25.2 Å². The molecule has 0 saturated heterocycles. The van der Waals surface area contributed by atoms with Gasteiger partial charge in [0, 0.05) is 24.7 Å². The first kappa shape index (κ1) is 26.4.